The summed E-state index contributed by atoms with van der Waals surface area (Å²) in [5, 5.41) is 0. The van der Waals surface area contributed by atoms with Gasteiger partial charge < -0.3 is 5.73 Å². The van der Waals surface area contributed by atoms with Gasteiger partial charge in [-0.15, -0.1) is 24.8 Å². The predicted octanol–water partition coefficient (Wildman–Crippen LogP) is 2.95. The molecule has 2 rings (SSSR count). The largest absolute Gasteiger partial charge is 0.330 e. The minimum absolute atomic E-state index is 0. The highest BCUT2D eigenvalue weighted by atomic mass is 35.5. The van der Waals surface area contributed by atoms with E-state index in [1.165, 1.54) is 18.5 Å². The molecule has 0 aliphatic carbocycles. The van der Waals surface area contributed by atoms with Crippen LogP contribution in [0.3, 0.4) is 0 Å². The van der Waals surface area contributed by atoms with Crippen molar-refractivity contribution < 1.29 is 0 Å². The van der Waals surface area contributed by atoms with Crippen molar-refractivity contribution in [2.24, 2.45) is 17.6 Å². The van der Waals surface area contributed by atoms with Crippen molar-refractivity contribution in [3.8, 4) is 0 Å². The van der Waals surface area contributed by atoms with Crippen LogP contribution < -0.4 is 5.73 Å². The highest BCUT2D eigenvalue weighted by molar-refractivity contribution is 5.85. The number of likely N-dealkylation sites (tertiary alicyclic amines) is 1. The number of nitrogens with zero attached hydrogens (tertiary/aromatic N) is 1. The highest BCUT2D eigenvalue weighted by Crippen LogP contribution is 2.23. The molecule has 2 atom stereocenters. The van der Waals surface area contributed by atoms with Crippen LogP contribution in [-0.4, -0.2) is 24.5 Å². The van der Waals surface area contributed by atoms with Crippen molar-refractivity contribution in [2.45, 2.75) is 19.9 Å². The molecule has 4 heteroatoms. The van der Waals surface area contributed by atoms with Crippen LogP contribution >= 0.6 is 24.8 Å². The second-order valence-corrected chi connectivity index (χ2v) is 4.98. The van der Waals surface area contributed by atoms with Crippen molar-refractivity contribution in [1.29, 1.82) is 0 Å². The summed E-state index contributed by atoms with van der Waals surface area (Å²) < 4.78 is 0. The lowest BCUT2D eigenvalue weighted by Gasteiger charge is -2.36. The Balaban J connectivity index is 0.00000144. The van der Waals surface area contributed by atoms with Crippen LogP contribution in [0.1, 0.15) is 18.9 Å². The molecule has 1 aliphatic heterocycles. The van der Waals surface area contributed by atoms with Gasteiger partial charge in [0.25, 0.3) is 0 Å². The van der Waals surface area contributed by atoms with E-state index in [0.29, 0.717) is 5.92 Å². The molecule has 1 heterocycles. The Morgan fingerprint density at radius 2 is 1.89 bits per heavy atom. The molecule has 18 heavy (non-hydrogen) atoms. The van der Waals surface area contributed by atoms with Crippen molar-refractivity contribution >= 4 is 24.8 Å². The van der Waals surface area contributed by atoms with Crippen molar-refractivity contribution in [2.75, 3.05) is 19.6 Å². The van der Waals surface area contributed by atoms with Gasteiger partial charge in [-0.2, -0.15) is 0 Å². The van der Waals surface area contributed by atoms with E-state index in [9.17, 15) is 0 Å². The number of hydrogen-bond donors (Lipinski definition) is 1. The van der Waals surface area contributed by atoms with Crippen LogP contribution in [-0.2, 0) is 6.54 Å². The average molecular weight is 291 g/mol. The fourth-order valence-corrected chi connectivity index (χ4v) is 2.52. The van der Waals surface area contributed by atoms with E-state index < -0.39 is 0 Å². The van der Waals surface area contributed by atoms with E-state index in [0.717, 1.165) is 25.6 Å². The molecule has 2 unspecified atom stereocenters. The first kappa shape index (κ1) is 17.7. The van der Waals surface area contributed by atoms with Crippen molar-refractivity contribution in [3.05, 3.63) is 35.9 Å². The minimum atomic E-state index is 0. The molecule has 1 aromatic rings. The zero-order valence-electron chi connectivity index (χ0n) is 10.9. The summed E-state index contributed by atoms with van der Waals surface area (Å²) in [5.41, 5.74) is 7.23. The molecule has 2 N–H and O–H groups in total. The Morgan fingerprint density at radius 1 is 1.22 bits per heavy atom. The zero-order chi connectivity index (χ0) is 11.4. The van der Waals surface area contributed by atoms with Gasteiger partial charge in [0.1, 0.15) is 0 Å². The summed E-state index contributed by atoms with van der Waals surface area (Å²) in [6.07, 6.45) is 1.29. The molecule has 0 bridgehead atoms. The number of benzene rings is 1. The molecule has 1 aliphatic rings. The molecule has 1 saturated heterocycles. The fourth-order valence-electron chi connectivity index (χ4n) is 2.52. The first-order chi connectivity index (χ1) is 7.79. The summed E-state index contributed by atoms with van der Waals surface area (Å²) in [5.74, 6) is 1.47. The van der Waals surface area contributed by atoms with Gasteiger partial charge >= 0.3 is 0 Å². The summed E-state index contributed by atoms with van der Waals surface area (Å²) in [6.45, 7) is 6.60. The van der Waals surface area contributed by atoms with Crippen LogP contribution in [0.4, 0.5) is 0 Å². The quantitative estimate of drug-likeness (QED) is 0.927. The van der Waals surface area contributed by atoms with E-state index in [2.05, 4.69) is 42.2 Å². The summed E-state index contributed by atoms with van der Waals surface area (Å²) in [4.78, 5) is 2.53. The van der Waals surface area contributed by atoms with Gasteiger partial charge in [-0.05, 0) is 36.9 Å². The van der Waals surface area contributed by atoms with Crippen LogP contribution in [0.15, 0.2) is 30.3 Å². The van der Waals surface area contributed by atoms with E-state index in [1.807, 2.05) is 0 Å². The number of nitrogens with two attached hydrogens (primary N) is 1. The second-order valence-electron chi connectivity index (χ2n) is 4.98. The van der Waals surface area contributed by atoms with Gasteiger partial charge in [0.2, 0.25) is 0 Å². The van der Waals surface area contributed by atoms with Gasteiger partial charge in [-0.25, -0.2) is 0 Å². The second kappa shape index (κ2) is 8.76. The first-order valence-electron chi connectivity index (χ1n) is 6.26. The van der Waals surface area contributed by atoms with Gasteiger partial charge in [-0.1, -0.05) is 37.3 Å². The third kappa shape index (κ3) is 4.77. The molecule has 0 amide bonds. The normalized spacial score (nSPS) is 23.9. The molecule has 0 saturated carbocycles. The van der Waals surface area contributed by atoms with Gasteiger partial charge in [0.15, 0.2) is 0 Å². The number of halogens is 2. The lowest BCUT2D eigenvalue weighted by Crippen LogP contribution is -2.42. The molecule has 0 radical (unpaired) electrons. The average Bonchev–Trinajstić information content (AvgIpc) is 2.33. The lowest BCUT2D eigenvalue weighted by molar-refractivity contribution is 0.126. The Hall–Kier alpha value is -0.280. The smallest absolute Gasteiger partial charge is 0.0233 e. The molecule has 2 nitrogen and oxygen atoms in total. The van der Waals surface area contributed by atoms with Crippen LogP contribution in [0.5, 0.6) is 0 Å². The summed E-state index contributed by atoms with van der Waals surface area (Å²) >= 11 is 0. The monoisotopic (exact) mass is 290 g/mol. The van der Waals surface area contributed by atoms with Gasteiger partial charge in [0, 0.05) is 13.1 Å². The van der Waals surface area contributed by atoms with E-state index >= 15 is 0 Å². The first-order valence-corrected chi connectivity index (χ1v) is 6.26. The van der Waals surface area contributed by atoms with Crippen LogP contribution in [0.25, 0.3) is 0 Å². The Labute approximate surface area is 123 Å². The Kier molecular flexibility index (Phi) is 8.62. The standard InChI is InChI=1S/C14H22N2.2ClH/c1-12-7-8-16(11-14(12)9-15)10-13-5-3-2-4-6-13;;/h2-6,12,14H,7-11,15H2,1H3;2*1H. The Bertz CT molecular complexity index is 319. The van der Waals surface area contributed by atoms with Crippen molar-refractivity contribution in [1.82, 2.24) is 4.90 Å². The SMILES string of the molecule is CC1CCN(Cc2ccccc2)CC1CN.Cl.Cl. The lowest BCUT2D eigenvalue weighted by atomic mass is 9.87. The molecule has 0 spiro atoms. The highest BCUT2D eigenvalue weighted by Gasteiger charge is 2.24. The van der Waals surface area contributed by atoms with Crippen LogP contribution in [0.2, 0.25) is 0 Å². The van der Waals surface area contributed by atoms with Gasteiger partial charge in [-0.3, -0.25) is 4.90 Å². The Morgan fingerprint density at radius 3 is 2.50 bits per heavy atom. The molecule has 0 aromatic heterocycles. The molecular formula is C14H24Cl2N2. The fraction of sp³-hybridized carbons (Fsp3) is 0.571. The molecular weight excluding hydrogens is 267 g/mol. The number of piperidine rings is 1. The molecule has 1 fully saturated rings. The predicted molar refractivity (Wildman–Crippen MR) is 82.5 cm³/mol. The van der Waals surface area contributed by atoms with E-state index in [4.69, 9.17) is 5.73 Å². The third-order valence-corrected chi connectivity index (χ3v) is 3.75. The third-order valence-electron chi connectivity index (χ3n) is 3.75. The number of hydrogen-bond acceptors (Lipinski definition) is 2. The maximum atomic E-state index is 5.82. The molecule has 104 valence electrons. The minimum Gasteiger partial charge on any atom is -0.330 e. The van der Waals surface area contributed by atoms with E-state index in [-0.39, 0.29) is 24.8 Å². The topological polar surface area (TPSA) is 29.3 Å². The van der Waals surface area contributed by atoms with E-state index in [1.54, 1.807) is 0 Å². The van der Waals surface area contributed by atoms with Crippen molar-refractivity contribution in [3.63, 3.8) is 0 Å². The zero-order valence-corrected chi connectivity index (χ0v) is 12.6. The van der Waals surface area contributed by atoms with Crippen LogP contribution in [0, 0.1) is 11.8 Å². The maximum Gasteiger partial charge on any atom is 0.0233 e. The van der Waals surface area contributed by atoms with Gasteiger partial charge in [0.05, 0.1) is 0 Å². The molecule has 1 aromatic carbocycles. The number of rotatable bonds is 3. The summed E-state index contributed by atoms with van der Waals surface area (Å²) in [6, 6.07) is 10.7. The maximum absolute atomic E-state index is 5.82. The summed E-state index contributed by atoms with van der Waals surface area (Å²) in [7, 11) is 0.